The third kappa shape index (κ3) is 7.65. The lowest BCUT2D eigenvalue weighted by molar-refractivity contribution is -0.00936. The van der Waals surface area contributed by atoms with Gasteiger partial charge in [0.05, 0.1) is 19.3 Å². The van der Waals surface area contributed by atoms with Gasteiger partial charge in [0, 0.05) is 0 Å². The Morgan fingerprint density at radius 1 is 1.18 bits per heavy atom. The van der Waals surface area contributed by atoms with Crippen LogP contribution in [0.4, 0.5) is 0 Å². The second-order valence-corrected chi connectivity index (χ2v) is 6.65. The van der Waals surface area contributed by atoms with Gasteiger partial charge < -0.3 is 9.47 Å². The quantitative estimate of drug-likeness (QED) is 0.550. The van der Waals surface area contributed by atoms with E-state index in [0.29, 0.717) is 6.61 Å². The number of benzene rings is 1. The average Bonchev–Trinajstić information content (AvgIpc) is 2.51. The van der Waals surface area contributed by atoms with Crippen LogP contribution in [0, 0.1) is 5.92 Å². The molecule has 0 aliphatic carbocycles. The fourth-order valence-corrected chi connectivity index (χ4v) is 2.33. The molecule has 0 saturated heterocycles. The van der Waals surface area contributed by atoms with Crippen molar-refractivity contribution in [1.82, 2.24) is 0 Å². The van der Waals surface area contributed by atoms with E-state index in [0.717, 1.165) is 18.1 Å². The molecule has 0 N–H and O–H groups in total. The molecule has 0 spiro atoms. The summed E-state index contributed by atoms with van der Waals surface area (Å²) in [4.78, 5) is 0. The molecule has 0 saturated carbocycles. The molecule has 0 heterocycles. The first kappa shape index (κ1) is 18.8. The monoisotopic (exact) mass is 304 g/mol. The van der Waals surface area contributed by atoms with Crippen LogP contribution in [0.25, 0.3) is 6.08 Å². The van der Waals surface area contributed by atoms with E-state index in [1.807, 2.05) is 24.3 Å². The Balaban J connectivity index is 2.30. The highest BCUT2D eigenvalue weighted by molar-refractivity contribution is 5.50. The maximum absolute atomic E-state index is 6.00. The molecule has 1 atom stereocenters. The summed E-state index contributed by atoms with van der Waals surface area (Å²) in [7, 11) is 1.68. The molecule has 1 aromatic carbocycles. The van der Waals surface area contributed by atoms with Gasteiger partial charge in [0.25, 0.3) is 0 Å². The largest absolute Gasteiger partial charge is 0.497 e. The summed E-state index contributed by atoms with van der Waals surface area (Å²) in [5, 5.41) is 0. The van der Waals surface area contributed by atoms with Crippen molar-refractivity contribution in [2.24, 2.45) is 5.92 Å². The lowest BCUT2D eigenvalue weighted by atomic mass is 9.95. The number of methoxy groups -OCH3 is 1. The highest BCUT2D eigenvalue weighted by atomic mass is 16.5. The van der Waals surface area contributed by atoms with E-state index in [2.05, 4.69) is 39.8 Å². The van der Waals surface area contributed by atoms with Gasteiger partial charge >= 0.3 is 0 Å². The van der Waals surface area contributed by atoms with Crippen molar-refractivity contribution in [3.8, 4) is 5.75 Å². The highest BCUT2D eigenvalue weighted by Crippen LogP contribution is 2.21. The van der Waals surface area contributed by atoms with Crippen LogP contribution in [0.2, 0.25) is 0 Å². The molecule has 0 aliphatic rings. The van der Waals surface area contributed by atoms with Gasteiger partial charge in [-0.1, -0.05) is 57.4 Å². The van der Waals surface area contributed by atoms with E-state index in [4.69, 9.17) is 9.47 Å². The molecule has 0 radical (unpaired) electrons. The van der Waals surface area contributed by atoms with Gasteiger partial charge in [0.1, 0.15) is 5.75 Å². The van der Waals surface area contributed by atoms with Gasteiger partial charge in [0.2, 0.25) is 0 Å². The SMILES string of the molecule is CCC(C)CCCC(C)(C)OCC=Cc1ccc(OC)cc1. The molecule has 1 aromatic rings. The van der Waals surface area contributed by atoms with Gasteiger partial charge in [0.15, 0.2) is 0 Å². The van der Waals surface area contributed by atoms with Crippen LogP contribution in [0.5, 0.6) is 5.75 Å². The third-order valence-electron chi connectivity index (χ3n) is 4.17. The molecule has 1 unspecified atom stereocenters. The number of hydrogen-bond donors (Lipinski definition) is 0. The fourth-order valence-electron chi connectivity index (χ4n) is 2.33. The van der Waals surface area contributed by atoms with Gasteiger partial charge in [-0.3, -0.25) is 0 Å². The molecule has 0 fully saturated rings. The van der Waals surface area contributed by atoms with Crippen LogP contribution in [-0.4, -0.2) is 19.3 Å². The van der Waals surface area contributed by atoms with E-state index in [-0.39, 0.29) is 5.60 Å². The van der Waals surface area contributed by atoms with Crippen LogP contribution < -0.4 is 4.74 Å². The van der Waals surface area contributed by atoms with Crippen molar-refractivity contribution in [1.29, 1.82) is 0 Å². The van der Waals surface area contributed by atoms with Crippen molar-refractivity contribution in [2.75, 3.05) is 13.7 Å². The normalized spacial score (nSPS) is 13.5. The molecule has 0 aromatic heterocycles. The zero-order valence-electron chi connectivity index (χ0n) is 14.9. The van der Waals surface area contributed by atoms with Gasteiger partial charge in [-0.05, 0) is 43.9 Å². The van der Waals surface area contributed by atoms with Crippen molar-refractivity contribution >= 4 is 6.08 Å². The van der Waals surface area contributed by atoms with Gasteiger partial charge in [-0.25, -0.2) is 0 Å². The van der Waals surface area contributed by atoms with Crippen molar-refractivity contribution in [3.63, 3.8) is 0 Å². The van der Waals surface area contributed by atoms with Gasteiger partial charge in [-0.15, -0.1) is 0 Å². The summed E-state index contributed by atoms with van der Waals surface area (Å²) >= 11 is 0. The molecule has 0 bridgehead atoms. The minimum absolute atomic E-state index is 0.0439. The highest BCUT2D eigenvalue weighted by Gasteiger charge is 2.17. The molecular formula is C20H32O2. The summed E-state index contributed by atoms with van der Waals surface area (Å²) < 4.78 is 11.2. The first-order chi connectivity index (χ1) is 10.5. The number of rotatable bonds is 10. The second kappa shape index (κ2) is 9.68. The van der Waals surface area contributed by atoms with Crippen molar-refractivity contribution < 1.29 is 9.47 Å². The Morgan fingerprint density at radius 3 is 2.45 bits per heavy atom. The van der Waals surface area contributed by atoms with Crippen LogP contribution in [0.1, 0.15) is 58.9 Å². The Hall–Kier alpha value is -1.28. The second-order valence-electron chi connectivity index (χ2n) is 6.65. The first-order valence-electron chi connectivity index (χ1n) is 8.41. The number of ether oxygens (including phenoxy) is 2. The zero-order chi connectivity index (χ0) is 16.4. The summed E-state index contributed by atoms with van der Waals surface area (Å²) in [6.07, 6.45) is 9.10. The van der Waals surface area contributed by atoms with E-state index in [1.54, 1.807) is 7.11 Å². The van der Waals surface area contributed by atoms with Crippen molar-refractivity contribution in [2.45, 2.75) is 59.0 Å². The molecular weight excluding hydrogens is 272 g/mol. The standard InChI is InChI=1S/C20H32O2/c1-6-17(2)9-7-15-20(3,4)22-16-8-10-18-11-13-19(21-5)14-12-18/h8,10-14,17H,6-7,9,15-16H2,1-5H3. The molecule has 0 amide bonds. The predicted octanol–water partition coefficient (Wildman–Crippen LogP) is 5.72. The molecule has 1 rings (SSSR count). The van der Waals surface area contributed by atoms with Crippen molar-refractivity contribution in [3.05, 3.63) is 35.9 Å². The summed E-state index contributed by atoms with van der Waals surface area (Å²) in [5.41, 5.74) is 1.12. The summed E-state index contributed by atoms with van der Waals surface area (Å²) in [5.74, 6) is 1.71. The van der Waals surface area contributed by atoms with E-state index < -0.39 is 0 Å². The van der Waals surface area contributed by atoms with Gasteiger partial charge in [-0.2, -0.15) is 0 Å². The van der Waals surface area contributed by atoms with Crippen LogP contribution in [-0.2, 0) is 4.74 Å². The minimum Gasteiger partial charge on any atom is -0.497 e. The molecule has 124 valence electrons. The first-order valence-corrected chi connectivity index (χ1v) is 8.41. The maximum atomic E-state index is 6.00. The third-order valence-corrected chi connectivity index (χ3v) is 4.17. The molecule has 2 heteroatoms. The van der Waals surface area contributed by atoms with Crippen LogP contribution in [0.3, 0.4) is 0 Å². The lowest BCUT2D eigenvalue weighted by Crippen LogP contribution is -2.24. The van der Waals surface area contributed by atoms with Crippen LogP contribution in [0.15, 0.2) is 30.3 Å². The Bertz CT molecular complexity index is 432. The van der Waals surface area contributed by atoms with E-state index >= 15 is 0 Å². The topological polar surface area (TPSA) is 18.5 Å². The fraction of sp³-hybridized carbons (Fsp3) is 0.600. The minimum atomic E-state index is -0.0439. The summed E-state index contributed by atoms with van der Waals surface area (Å²) in [6, 6.07) is 8.04. The Kier molecular flexibility index (Phi) is 8.26. The average molecular weight is 304 g/mol. The Labute approximate surface area is 136 Å². The van der Waals surface area contributed by atoms with Crippen LogP contribution >= 0.6 is 0 Å². The summed E-state index contributed by atoms with van der Waals surface area (Å²) in [6.45, 7) is 9.61. The zero-order valence-corrected chi connectivity index (χ0v) is 14.9. The predicted molar refractivity (Wildman–Crippen MR) is 95.4 cm³/mol. The Morgan fingerprint density at radius 2 is 1.86 bits per heavy atom. The molecule has 0 aliphatic heterocycles. The molecule has 2 nitrogen and oxygen atoms in total. The smallest absolute Gasteiger partial charge is 0.118 e. The molecule has 22 heavy (non-hydrogen) atoms. The lowest BCUT2D eigenvalue weighted by Gasteiger charge is -2.25. The van der Waals surface area contributed by atoms with E-state index in [9.17, 15) is 0 Å². The van der Waals surface area contributed by atoms with E-state index in [1.165, 1.54) is 24.8 Å². The maximum Gasteiger partial charge on any atom is 0.118 e. The number of hydrogen-bond acceptors (Lipinski definition) is 2.